The van der Waals surface area contributed by atoms with Crippen molar-refractivity contribution in [3.8, 4) is 0 Å². The van der Waals surface area contributed by atoms with E-state index in [1.807, 2.05) is 0 Å². The van der Waals surface area contributed by atoms with Gasteiger partial charge in [-0.05, 0) is 42.6 Å². The molecule has 0 fully saturated rings. The Morgan fingerprint density at radius 1 is 1.17 bits per heavy atom. The highest BCUT2D eigenvalue weighted by Gasteiger charge is 2.20. The molecule has 0 aliphatic carbocycles. The predicted octanol–water partition coefficient (Wildman–Crippen LogP) is 2.72. The van der Waals surface area contributed by atoms with E-state index in [1.54, 1.807) is 36.6 Å². The van der Waals surface area contributed by atoms with Crippen molar-refractivity contribution < 1.29 is 17.6 Å². The van der Waals surface area contributed by atoms with Crippen LogP contribution in [-0.2, 0) is 15.6 Å². The molecule has 8 nitrogen and oxygen atoms in total. The molecule has 148 valence electrons. The number of thiophene rings is 1. The fraction of sp³-hybridized carbons (Fsp3) is 0.105. The fourth-order valence-corrected chi connectivity index (χ4v) is 4.85. The second-order valence-corrected chi connectivity index (χ2v) is 9.10. The third kappa shape index (κ3) is 3.71. The molecule has 4 rings (SSSR count). The molecule has 0 atom stereocenters. The summed E-state index contributed by atoms with van der Waals surface area (Å²) in [5.74, 6) is -0.743. The maximum atomic E-state index is 12.5. The van der Waals surface area contributed by atoms with Crippen molar-refractivity contribution in [2.45, 2.75) is 17.6 Å². The van der Waals surface area contributed by atoms with Crippen LogP contribution in [0, 0.1) is 6.92 Å². The summed E-state index contributed by atoms with van der Waals surface area (Å²) in [5, 5.41) is 2.14. The van der Waals surface area contributed by atoms with Crippen LogP contribution in [0.2, 0.25) is 0 Å². The molecule has 0 aliphatic heterocycles. The van der Waals surface area contributed by atoms with Gasteiger partial charge in [-0.15, -0.1) is 11.3 Å². The number of aromatic nitrogens is 2. The first-order valence-corrected chi connectivity index (χ1v) is 11.0. The second kappa shape index (κ2) is 7.30. The van der Waals surface area contributed by atoms with Crippen LogP contribution >= 0.6 is 11.3 Å². The number of carbonyl (C=O) groups is 1. The van der Waals surface area contributed by atoms with E-state index in [0.29, 0.717) is 16.0 Å². The molecule has 0 radical (unpaired) electrons. The predicted molar refractivity (Wildman–Crippen MR) is 108 cm³/mol. The van der Waals surface area contributed by atoms with Gasteiger partial charge in [0.05, 0.1) is 10.3 Å². The van der Waals surface area contributed by atoms with Crippen LogP contribution in [0.1, 0.15) is 22.1 Å². The molecule has 1 N–H and O–H groups in total. The summed E-state index contributed by atoms with van der Waals surface area (Å²) in [7, 11) is -3.61. The highest BCUT2D eigenvalue weighted by Crippen LogP contribution is 2.18. The van der Waals surface area contributed by atoms with Crippen LogP contribution in [0.15, 0.2) is 68.0 Å². The van der Waals surface area contributed by atoms with Crippen LogP contribution in [0.3, 0.4) is 0 Å². The third-order valence-corrected chi connectivity index (χ3v) is 6.66. The topological polar surface area (TPSA) is 111 Å². The Kier molecular flexibility index (Phi) is 4.81. The number of hydrogen-bond acceptors (Lipinski definition) is 7. The first-order valence-electron chi connectivity index (χ1n) is 8.50. The van der Waals surface area contributed by atoms with Gasteiger partial charge in [-0.1, -0.05) is 18.2 Å². The number of carbonyl (C=O) groups excluding carboxylic acids is 1. The van der Waals surface area contributed by atoms with E-state index in [0.717, 1.165) is 4.68 Å². The first kappa shape index (κ1) is 19.1. The minimum Gasteiger partial charge on any atom is -0.455 e. The van der Waals surface area contributed by atoms with E-state index >= 15 is 0 Å². The van der Waals surface area contributed by atoms with Crippen molar-refractivity contribution >= 4 is 37.3 Å². The van der Waals surface area contributed by atoms with Crippen molar-refractivity contribution in [1.82, 2.24) is 9.66 Å². The smallest absolute Gasteiger partial charge is 0.305 e. The molecule has 1 amide bonds. The molecule has 29 heavy (non-hydrogen) atoms. The number of furan rings is 1. The average molecular weight is 429 g/mol. The van der Waals surface area contributed by atoms with E-state index in [-0.39, 0.29) is 22.2 Å². The fourth-order valence-electron chi connectivity index (χ4n) is 2.78. The molecule has 4 aromatic rings. The molecule has 0 unspecified atom stereocenters. The Labute approximate surface area is 169 Å². The minimum absolute atomic E-state index is 0.111. The van der Waals surface area contributed by atoms with Crippen LogP contribution in [0.25, 0.3) is 10.2 Å². The summed E-state index contributed by atoms with van der Waals surface area (Å²) < 4.78 is 31.3. The minimum atomic E-state index is -3.61. The van der Waals surface area contributed by atoms with Gasteiger partial charge in [0, 0.05) is 0 Å². The van der Waals surface area contributed by atoms with Gasteiger partial charge in [-0.2, -0.15) is 0 Å². The normalized spacial score (nSPS) is 11.6. The van der Waals surface area contributed by atoms with Crippen molar-refractivity contribution in [1.29, 1.82) is 0 Å². The van der Waals surface area contributed by atoms with E-state index < -0.39 is 21.3 Å². The van der Waals surface area contributed by atoms with Crippen LogP contribution < -0.4 is 11.0 Å². The summed E-state index contributed by atoms with van der Waals surface area (Å²) in [6, 6.07) is 12.4. The van der Waals surface area contributed by atoms with Gasteiger partial charge in [0.2, 0.25) is 0 Å². The number of aryl methyl sites for hydroxylation is 1. The lowest BCUT2D eigenvalue weighted by Gasteiger charge is -2.09. The molecule has 1 aromatic carbocycles. The number of nitrogens with zero attached hydrogens (tertiary/aromatic N) is 2. The van der Waals surface area contributed by atoms with Gasteiger partial charge in [-0.3, -0.25) is 15.0 Å². The molecule has 3 heterocycles. The standard InChI is InChI=1S/C19H15N3O5S2/c1-12-20-18-15(9-10-28-18)19(24)22(12)21-17(23)16-8-7-13(27-16)11-29(25,26)14-5-3-2-4-6-14/h2-10H,11H2,1H3,(H,21,23). The highest BCUT2D eigenvalue weighted by molar-refractivity contribution is 7.90. The second-order valence-electron chi connectivity index (χ2n) is 6.22. The number of amides is 1. The Morgan fingerprint density at radius 2 is 1.93 bits per heavy atom. The third-order valence-electron chi connectivity index (χ3n) is 4.20. The maximum absolute atomic E-state index is 12.5. The van der Waals surface area contributed by atoms with Crippen LogP contribution in [0.4, 0.5) is 0 Å². The lowest BCUT2D eigenvalue weighted by molar-refractivity contribution is 0.0978. The average Bonchev–Trinajstić information content (AvgIpc) is 3.35. The number of nitrogens with one attached hydrogen (secondary N) is 1. The molecule has 0 saturated carbocycles. The zero-order chi connectivity index (χ0) is 20.6. The SMILES string of the molecule is Cc1nc2sccc2c(=O)n1NC(=O)c1ccc(CS(=O)(=O)c2ccccc2)o1. The number of rotatable bonds is 5. The Morgan fingerprint density at radius 3 is 2.69 bits per heavy atom. The molecule has 0 aliphatic rings. The Hall–Kier alpha value is -3.24. The summed E-state index contributed by atoms with van der Waals surface area (Å²) >= 11 is 1.33. The number of hydrogen-bond donors (Lipinski definition) is 1. The molecule has 0 bridgehead atoms. The summed E-state index contributed by atoms with van der Waals surface area (Å²) in [6.45, 7) is 1.60. The number of fused-ring (bicyclic) bond motifs is 1. The Bertz CT molecular complexity index is 1370. The van der Waals surface area contributed by atoms with Gasteiger partial charge >= 0.3 is 5.91 Å². The van der Waals surface area contributed by atoms with Gasteiger partial charge in [0.25, 0.3) is 5.56 Å². The van der Waals surface area contributed by atoms with E-state index in [4.69, 9.17) is 4.42 Å². The maximum Gasteiger partial charge on any atom is 0.305 e. The van der Waals surface area contributed by atoms with Gasteiger partial charge < -0.3 is 4.42 Å². The monoisotopic (exact) mass is 429 g/mol. The van der Waals surface area contributed by atoms with Crippen LogP contribution in [0.5, 0.6) is 0 Å². The quantitative estimate of drug-likeness (QED) is 0.522. The van der Waals surface area contributed by atoms with Crippen molar-refractivity contribution in [3.63, 3.8) is 0 Å². The van der Waals surface area contributed by atoms with Crippen molar-refractivity contribution in [2.75, 3.05) is 5.43 Å². The molecule has 10 heteroatoms. The molecular formula is C19H15N3O5S2. The number of benzene rings is 1. The molecule has 0 spiro atoms. The largest absolute Gasteiger partial charge is 0.455 e. The van der Waals surface area contributed by atoms with E-state index in [9.17, 15) is 18.0 Å². The summed E-state index contributed by atoms with van der Waals surface area (Å²) in [4.78, 5) is 30.1. The first-order chi connectivity index (χ1) is 13.8. The highest BCUT2D eigenvalue weighted by atomic mass is 32.2. The summed E-state index contributed by atoms with van der Waals surface area (Å²) in [5.41, 5.74) is 2.05. The van der Waals surface area contributed by atoms with Crippen LogP contribution in [-0.4, -0.2) is 24.0 Å². The molecule has 3 aromatic heterocycles. The molecular weight excluding hydrogens is 414 g/mol. The lowest BCUT2D eigenvalue weighted by atomic mass is 10.4. The zero-order valence-electron chi connectivity index (χ0n) is 15.2. The zero-order valence-corrected chi connectivity index (χ0v) is 16.8. The van der Waals surface area contributed by atoms with Crippen molar-refractivity contribution in [2.24, 2.45) is 0 Å². The van der Waals surface area contributed by atoms with E-state index in [2.05, 4.69) is 10.4 Å². The van der Waals surface area contributed by atoms with Gasteiger partial charge in [0.15, 0.2) is 15.6 Å². The number of sulfone groups is 1. The lowest BCUT2D eigenvalue weighted by Crippen LogP contribution is -2.35. The van der Waals surface area contributed by atoms with Gasteiger partial charge in [0.1, 0.15) is 22.2 Å². The summed E-state index contributed by atoms with van der Waals surface area (Å²) in [6.07, 6.45) is 0. The Balaban J connectivity index is 1.56. The molecule has 0 saturated heterocycles. The van der Waals surface area contributed by atoms with Crippen molar-refractivity contribution in [3.05, 3.63) is 81.6 Å². The van der Waals surface area contributed by atoms with E-state index in [1.165, 1.54) is 35.6 Å². The van der Waals surface area contributed by atoms with Gasteiger partial charge in [-0.25, -0.2) is 18.1 Å².